The summed E-state index contributed by atoms with van der Waals surface area (Å²) in [6.07, 6.45) is -7.96. The maximum atomic E-state index is 12.3. The minimum absolute atomic E-state index is 0.0131. The molecule has 0 aromatic heterocycles. The van der Waals surface area contributed by atoms with Crippen LogP contribution in [0.4, 0.5) is 13.2 Å². The fourth-order valence-corrected chi connectivity index (χ4v) is 1.30. The van der Waals surface area contributed by atoms with Gasteiger partial charge in [0.25, 0.3) is 0 Å². The van der Waals surface area contributed by atoms with E-state index in [2.05, 4.69) is 4.74 Å². The van der Waals surface area contributed by atoms with E-state index < -0.39 is 29.9 Å². The number of ether oxygens (including phenoxy) is 1. The Kier molecular flexibility index (Phi) is 4.31. The fourth-order valence-electron chi connectivity index (χ4n) is 1.30. The van der Waals surface area contributed by atoms with E-state index in [9.17, 15) is 28.2 Å². The number of halogens is 3. The lowest BCUT2D eigenvalue weighted by atomic mass is 10.0. The Bertz CT molecular complexity index is 413. The van der Waals surface area contributed by atoms with Gasteiger partial charge in [0.2, 0.25) is 0 Å². The minimum atomic E-state index is -4.48. The number of aliphatic hydroxyl groups is 2. The van der Waals surface area contributed by atoms with Crippen molar-refractivity contribution in [3.63, 3.8) is 0 Å². The lowest BCUT2D eigenvalue weighted by Crippen LogP contribution is -2.29. The van der Waals surface area contributed by atoms with Crippen LogP contribution in [0.5, 0.6) is 0 Å². The normalized spacial score (nSPS) is 15.0. The number of benzene rings is 1. The number of rotatable bonds is 3. The number of hydrogen-bond acceptors (Lipinski definition) is 4. The zero-order chi connectivity index (χ0) is 13.9. The number of aliphatic hydroxyl groups excluding tert-OH is 2. The van der Waals surface area contributed by atoms with Gasteiger partial charge in [-0.1, -0.05) is 12.1 Å². The molecule has 2 unspecified atom stereocenters. The van der Waals surface area contributed by atoms with Crippen molar-refractivity contribution < 1.29 is 32.9 Å². The van der Waals surface area contributed by atoms with Crippen molar-refractivity contribution in [3.05, 3.63) is 35.4 Å². The lowest BCUT2D eigenvalue weighted by molar-refractivity contribution is -0.156. The molecule has 0 aliphatic rings. The van der Waals surface area contributed by atoms with Gasteiger partial charge < -0.3 is 14.9 Å². The standard InChI is InChI=1S/C11H11F3O4/c1-18-10(17)9(16)8(15)6-2-4-7(5-3-6)11(12,13)14/h2-5,8-9,15-16H,1H3. The van der Waals surface area contributed by atoms with E-state index in [0.29, 0.717) is 0 Å². The molecule has 0 heterocycles. The van der Waals surface area contributed by atoms with Crippen LogP contribution in [0, 0.1) is 0 Å². The van der Waals surface area contributed by atoms with Gasteiger partial charge in [-0.2, -0.15) is 13.2 Å². The van der Waals surface area contributed by atoms with Crippen molar-refractivity contribution in [1.82, 2.24) is 0 Å². The molecule has 0 spiro atoms. The smallest absolute Gasteiger partial charge is 0.416 e. The first-order valence-corrected chi connectivity index (χ1v) is 4.88. The van der Waals surface area contributed by atoms with Gasteiger partial charge in [0.05, 0.1) is 12.7 Å². The molecule has 1 aromatic rings. The summed E-state index contributed by atoms with van der Waals surface area (Å²) in [5, 5.41) is 18.9. The molecule has 0 bridgehead atoms. The van der Waals surface area contributed by atoms with E-state index >= 15 is 0 Å². The summed E-state index contributed by atoms with van der Waals surface area (Å²) in [5.74, 6) is -1.07. The first-order chi connectivity index (χ1) is 8.27. The highest BCUT2D eigenvalue weighted by molar-refractivity contribution is 5.75. The number of carbonyl (C=O) groups excluding carboxylic acids is 1. The second-order valence-electron chi connectivity index (χ2n) is 3.53. The topological polar surface area (TPSA) is 66.8 Å². The molecule has 0 aliphatic heterocycles. The maximum Gasteiger partial charge on any atom is 0.416 e. The van der Waals surface area contributed by atoms with Crippen molar-refractivity contribution >= 4 is 5.97 Å². The number of methoxy groups -OCH3 is 1. The van der Waals surface area contributed by atoms with Crippen molar-refractivity contribution in [2.45, 2.75) is 18.4 Å². The summed E-state index contributed by atoms with van der Waals surface area (Å²) in [4.78, 5) is 10.9. The van der Waals surface area contributed by atoms with E-state index in [1.807, 2.05) is 0 Å². The molecular weight excluding hydrogens is 253 g/mol. The van der Waals surface area contributed by atoms with Crippen LogP contribution in [0.15, 0.2) is 24.3 Å². The zero-order valence-electron chi connectivity index (χ0n) is 9.31. The Labute approximate surface area is 101 Å². The average molecular weight is 264 g/mol. The van der Waals surface area contributed by atoms with Crippen molar-refractivity contribution in [2.24, 2.45) is 0 Å². The summed E-state index contributed by atoms with van der Waals surface area (Å²) in [5.41, 5.74) is -0.896. The third-order valence-corrected chi connectivity index (χ3v) is 2.32. The number of carbonyl (C=O) groups is 1. The third-order valence-electron chi connectivity index (χ3n) is 2.32. The number of alkyl halides is 3. The highest BCUT2D eigenvalue weighted by atomic mass is 19.4. The van der Waals surface area contributed by atoms with Gasteiger partial charge in [0.15, 0.2) is 6.10 Å². The molecule has 0 amide bonds. The lowest BCUT2D eigenvalue weighted by Gasteiger charge is -2.16. The zero-order valence-corrected chi connectivity index (χ0v) is 9.31. The molecule has 1 rings (SSSR count). The monoisotopic (exact) mass is 264 g/mol. The molecule has 2 atom stereocenters. The summed E-state index contributed by atoms with van der Waals surface area (Å²) in [6, 6.07) is 3.48. The second kappa shape index (κ2) is 5.36. The van der Waals surface area contributed by atoms with Gasteiger partial charge in [-0.3, -0.25) is 0 Å². The van der Waals surface area contributed by atoms with Gasteiger partial charge in [0.1, 0.15) is 6.10 Å². The van der Waals surface area contributed by atoms with Crippen LogP contribution in [0.1, 0.15) is 17.2 Å². The Balaban J connectivity index is 2.89. The number of hydrogen-bond donors (Lipinski definition) is 2. The summed E-state index contributed by atoms with van der Waals surface area (Å²) < 4.78 is 41.0. The quantitative estimate of drug-likeness (QED) is 0.807. The largest absolute Gasteiger partial charge is 0.467 e. The maximum absolute atomic E-state index is 12.3. The molecular formula is C11H11F3O4. The molecule has 1 aromatic carbocycles. The molecule has 0 fully saturated rings. The van der Waals surface area contributed by atoms with Crippen LogP contribution in [0.25, 0.3) is 0 Å². The van der Waals surface area contributed by atoms with E-state index in [1.54, 1.807) is 0 Å². The molecule has 0 saturated heterocycles. The highest BCUT2D eigenvalue weighted by Crippen LogP contribution is 2.30. The van der Waals surface area contributed by atoms with E-state index in [1.165, 1.54) is 0 Å². The van der Waals surface area contributed by atoms with E-state index in [4.69, 9.17) is 0 Å². The van der Waals surface area contributed by atoms with Gasteiger partial charge in [-0.05, 0) is 17.7 Å². The molecule has 18 heavy (non-hydrogen) atoms. The SMILES string of the molecule is COC(=O)C(O)C(O)c1ccc(C(F)(F)F)cc1. The summed E-state index contributed by atoms with van der Waals surface area (Å²) in [7, 11) is 1.02. The van der Waals surface area contributed by atoms with Gasteiger partial charge in [-0.25, -0.2) is 4.79 Å². The molecule has 0 aliphatic carbocycles. The predicted molar refractivity (Wildman–Crippen MR) is 54.4 cm³/mol. The van der Waals surface area contributed by atoms with Gasteiger partial charge in [0, 0.05) is 0 Å². The van der Waals surface area contributed by atoms with Crippen molar-refractivity contribution in [3.8, 4) is 0 Å². The highest BCUT2D eigenvalue weighted by Gasteiger charge is 2.31. The van der Waals surface area contributed by atoms with Crippen LogP contribution in [0.2, 0.25) is 0 Å². The van der Waals surface area contributed by atoms with Crippen LogP contribution in [-0.2, 0) is 15.7 Å². The molecule has 7 heteroatoms. The molecule has 100 valence electrons. The molecule has 4 nitrogen and oxygen atoms in total. The Morgan fingerprint density at radius 2 is 1.72 bits per heavy atom. The molecule has 0 radical (unpaired) electrons. The fraction of sp³-hybridized carbons (Fsp3) is 0.364. The van der Waals surface area contributed by atoms with Crippen molar-refractivity contribution in [2.75, 3.05) is 7.11 Å². The average Bonchev–Trinajstić information content (AvgIpc) is 2.35. The molecule has 2 N–H and O–H groups in total. The Morgan fingerprint density at radius 1 is 1.22 bits per heavy atom. The predicted octanol–water partition coefficient (Wildman–Crippen LogP) is 1.27. The molecule has 0 saturated carbocycles. The second-order valence-corrected chi connectivity index (χ2v) is 3.53. The first-order valence-electron chi connectivity index (χ1n) is 4.88. The van der Waals surface area contributed by atoms with Crippen LogP contribution in [0.3, 0.4) is 0 Å². The van der Waals surface area contributed by atoms with E-state index in [0.717, 1.165) is 31.4 Å². The summed E-state index contributed by atoms with van der Waals surface area (Å²) >= 11 is 0. The van der Waals surface area contributed by atoms with Gasteiger partial charge in [-0.15, -0.1) is 0 Å². The summed E-state index contributed by atoms with van der Waals surface area (Å²) in [6.45, 7) is 0. The van der Waals surface area contributed by atoms with Crippen LogP contribution < -0.4 is 0 Å². The minimum Gasteiger partial charge on any atom is -0.467 e. The van der Waals surface area contributed by atoms with Crippen molar-refractivity contribution in [1.29, 1.82) is 0 Å². The Hall–Kier alpha value is -1.60. The third kappa shape index (κ3) is 3.21. The van der Waals surface area contributed by atoms with Gasteiger partial charge >= 0.3 is 12.1 Å². The first kappa shape index (κ1) is 14.5. The van der Waals surface area contributed by atoms with Crippen LogP contribution in [-0.4, -0.2) is 29.4 Å². The van der Waals surface area contributed by atoms with E-state index in [-0.39, 0.29) is 5.56 Å². The number of esters is 1. The Morgan fingerprint density at radius 3 is 2.11 bits per heavy atom. The van der Waals surface area contributed by atoms with Crippen LogP contribution >= 0.6 is 0 Å².